The molecule has 3 atom stereocenters. The van der Waals surface area contributed by atoms with Crippen LogP contribution < -0.4 is 5.73 Å². The minimum absolute atomic E-state index is 0.0260. The van der Waals surface area contributed by atoms with Crippen LogP contribution in [0.15, 0.2) is 0 Å². The second-order valence-electron chi connectivity index (χ2n) is 5.31. The van der Waals surface area contributed by atoms with Crippen LogP contribution in [-0.2, 0) is 0 Å². The third-order valence-electron chi connectivity index (χ3n) is 3.25. The van der Waals surface area contributed by atoms with E-state index in [-0.39, 0.29) is 16.9 Å². The average molecular weight is 171 g/mol. The molecule has 1 aliphatic rings. The Labute approximate surface area is 75.2 Å². The van der Waals surface area contributed by atoms with Crippen LogP contribution in [0, 0.1) is 16.7 Å². The highest BCUT2D eigenvalue weighted by Crippen LogP contribution is 2.57. The van der Waals surface area contributed by atoms with Crippen molar-refractivity contribution in [2.45, 2.75) is 40.2 Å². The zero-order valence-corrected chi connectivity index (χ0v) is 8.59. The van der Waals surface area contributed by atoms with Gasteiger partial charge in [0.15, 0.2) is 0 Å². The first-order chi connectivity index (χ1) is 5.34. The summed E-state index contributed by atoms with van der Waals surface area (Å²) in [6.07, 6.45) is 0.826. The molecule has 0 heterocycles. The van der Waals surface area contributed by atoms with Gasteiger partial charge in [-0.05, 0) is 17.8 Å². The molecule has 0 spiro atoms. The molecule has 1 rings (SSSR count). The molecule has 3 unspecified atom stereocenters. The predicted molar refractivity (Wildman–Crippen MR) is 50.7 cm³/mol. The number of nitrogens with two attached hydrogens (primary N) is 1. The minimum atomic E-state index is -0.259. The number of hydrogen-bond acceptors (Lipinski definition) is 2. The Morgan fingerprint density at radius 3 is 2.08 bits per heavy atom. The first kappa shape index (κ1) is 10.0. The highest BCUT2D eigenvalue weighted by Gasteiger charge is 2.57. The Bertz CT molecular complexity index is 169. The van der Waals surface area contributed by atoms with E-state index in [1.165, 1.54) is 0 Å². The summed E-state index contributed by atoms with van der Waals surface area (Å²) in [5.74, 6) is 0.594. The van der Waals surface area contributed by atoms with Crippen LogP contribution in [0.3, 0.4) is 0 Å². The van der Waals surface area contributed by atoms with Gasteiger partial charge in [-0.3, -0.25) is 0 Å². The molecule has 0 aromatic carbocycles. The molecular weight excluding hydrogens is 150 g/mol. The van der Waals surface area contributed by atoms with Crippen LogP contribution in [0.5, 0.6) is 0 Å². The summed E-state index contributed by atoms with van der Waals surface area (Å²) in [5.41, 5.74) is 5.69. The van der Waals surface area contributed by atoms with E-state index in [1.54, 1.807) is 0 Å². The molecule has 2 nitrogen and oxygen atoms in total. The molecule has 3 N–H and O–H groups in total. The lowest BCUT2D eigenvalue weighted by molar-refractivity contribution is -0.00322. The standard InChI is InChI=1S/C10H21NO/c1-7-5-10(7,6-11)8(12)9(2,3)4/h7-8,12H,5-6,11H2,1-4H3. The van der Waals surface area contributed by atoms with E-state index in [4.69, 9.17) is 5.73 Å². The molecule has 0 aromatic heterocycles. The summed E-state index contributed by atoms with van der Waals surface area (Å²) in [6, 6.07) is 0. The molecule has 0 bridgehead atoms. The fourth-order valence-corrected chi connectivity index (χ4v) is 2.15. The van der Waals surface area contributed by atoms with Gasteiger partial charge in [0.1, 0.15) is 0 Å². The van der Waals surface area contributed by atoms with Gasteiger partial charge >= 0.3 is 0 Å². The fourth-order valence-electron chi connectivity index (χ4n) is 2.15. The van der Waals surface area contributed by atoms with Gasteiger partial charge in [0, 0.05) is 12.0 Å². The van der Waals surface area contributed by atoms with Crippen molar-refractivity contribution in [3.8, 4) is 0 Å². The highest BCUT2D eigenvalue weighted by atomic mass is 16.3. The van der Waals surface area contributed by atoms with Crippen LogP contribution in [0.2, 0.25) is 0 Å². The molecule has 1 aliphatic carbocycles. The lowest BCUT2D eigenvalue weighted by atomic mass is 9.78. The van der Waals surface area contributed by atoms with Crippen molar-refractivity contribution in [3.05, 3.63) is 0 Å². The molecule has 1 saturated carbocycles. The lowest BCUT2D eigenvalue weighted by Crippen LogP contribution is -2.40. The molecule has 0 aliphatic heterocycles. The highest BCUT2D eigenvalue weighted by molar-refractivity contribution is 5.08. The zero-order chi connectivity index (χ0) is 9.57. The first-order valence-electron chi connectivity index (χ1n) is 4.73. The summed E-state index contributed by atoms with van der Waals surface area (Å²) < 4.78 is 0. The van der Waals surface area contributed by atoms with Crippen molar-refractivity contribution in [2.24, 2.45) is 22.5 Å². The minimum Gasteiger partial charge on any atom is -0.392 e. The number of aliphatic hydroxyl groups excluding tert-OH is 1. The molecule has 1 fully saturated rings. The third-order valence-corrected chi connectivity index (χ3v) is 3.25. The van der Waals surface area contributed by atoms with Crippen LogP contribution in [0.25, 0.3) is 0 Å². The summed E-state index contributed by atoms with van der Waals surface area (Å²) >= 11 is 0. The molecule has 0 saturated heterocycles. The van der Waals surface area contributed by atoms with Gasteiger partial charge in [-0.15, -0.1) is 0 Å². The van der Waals surface area contributed by atoms with Crippen LogP contribution in [-0.4, -0.2) is 17.8 Å². The van der Waals surface area contributed by atoms with E-state index in [2.05, 4.69) is 27.7 Å². The molecule has 12 heavy (non-hydrogen) atoms. The van der Waals surface area contributed by atoms with E-state index in [0.29, 0.717) is 12.5 Å². The van der Waals surface area contributed by atoms with E-state index in [9.17, 15) is 5.11 Å². The smallest absolute Gasteiger partial charge is 0.0659 e. The van der Waals surface area contributed by atoms with E-state index in [0.717, 1.165) is 6.42 Å². The molecule has 0 amide bonds. The fraction of sp³-hybridized carbons (Fsp3) is 1.00. The molecular formula is C10H21NO. The first-order valence-corrected chi connectivity index (χ1v) is 4.73. The van der Waals surface area contributed by atoms with Crippen molar-refractivity contribution in [1.82, 2.24) is 0 Å². The Morgan fingerprint density at radius 1 is 1.58 bits per heavy atom. The van der Waals surface area contributed by atoms with Gasteiger partial charge in [-0.2, -0.15) is 0 Å². The number of aliphatic hydroxyl groups is 1. The van der Waals surface area contributed by atoms with E-state index in [1.807, 2.05) is 0 Å². The Morgan fingerprint density at radius 2 is 2.00 bits per heavy atom. The van der Waals surface area contributed by atoms with Gasteiger partial charge in [-0.25, -0.2) is 0 Å². The normalized spacial score (nSPS) is 38.0. The molecule has 72 valence electrons. The molecule has 0 aromatic rings. The maximum atomic E-state index is 10.1. The van der Waals surface area contributed by atoms with E-state index >= 15 is 0 Å². The van der Waals surface area contributed by atoms with Crippen LogP contribution >= 0.6 is 0 Å². The van der Waals surface area contributed by atoms with Gasteiger partial charge in [-0.1, -0.05) is 27.7 Å². The lowest BCUT2D eigenvalue weighted by Gasteiger charge is -2.33. The Hall–Kier alpha value is -0.0800. The van der Waals surface area contributed by atoms with Crippen LogP contribution in [0.1, 0.15) is 34.1 Å². The topological polar surface area (TPSA) is 46.2 Å². The molecule has 2 heteroatoms. The van der Waals surface area contributed by atoms with Crippen LogP contribution in [0.4, 0.5) is 0 Å². The molecule has 0 radical (unpaired) electrons. The quantitative estimate of drug-likeness (QED) is 0.659. The number of rotatable bonds is 2. The maximum absolute atomic E-state index is 10.1. The van der Waals surface area contributed by atoms with Crippen molar-refractivity contribution >= 4 is 0 Å². The summed E-state index contributed by atoms with van der Waals surface area (Å²) in [7, 11) is 0. The summed E-state index contributed by atoms with van der Waals surface area (Å²) in [5, 5.41) is 10.1. The Kier molecular flexibility index (Phi) is 2.26. The second-order valence-corrected chi connectivity index (χ2v) is 5.31. The number of hydrogen-bond donors (Lipinski definition) is 2. The van der Waals surface area contributed by atoms with Crippen molar-refractivity contribution in [2.75, 3.05) is 6.54 Å². The van der Waals surface area contributed by atoms with E-state index < -0.39 is 0 Å². The van der Waals surface area contributed by atoms with Crippen molar-refractivity contribution < 1.29 is 5.11 Å². The van der Waals surface area contributed by atoms with Crippen molar-refractivity contribution in [1.29, 1.82) is 0 Å². The van der Waals surface area contributed by atoms with Gasteiger partial charge in [0.25, 0.3) is 0 Å². The van der Waals surface area contributed by atoms with Gasteiger partial charge < -0.3 is 10.8 Å². The zero-order valence-electron chi connectivity index (χ0n) is 8.59. The SMILES string of the molecule is CC1CC1(CN)C(O)C(C)(C)C. The largest absolute Gasteiger partial charge is 0.392 e. The average Bonchev–Trinajstić information content (AvgIpc) is 2.59. The third kappa shape index (κ3) is 1.38. The summed E-state index contributed by atoms with van der Waals surface area (Å²) in [6.45, 7) is 8.99. The monoisotopic (exact) mass is 171 g/mol. The van der Waals surface area contributed by atoms with Gasteiger partial charge in [0.2, 0.25) is 0 Å². The maximum Gasteiger partial charge on any atom is 0.0659 e. The summed E-state index contributed by atoms with van der Waals surface area (Å²) in [4.78, 5) is 0. The predicted octanol–water partition coefficient (Wildman–Crippen LogP) is 1.38. The van der Waals surface area contributed by atoms with Gasteiger partial charge in [0.05, 0.1) is 6.10 Å². The Balaban J connectivity index is 2.70. The second kappa shape index (κ2) is 2.71. The van der Waals surface area contributed by atoms with Crippen molar-refractivity contribution in [3.63, 3.8) is 0 Å².